The number of rotatable bonds is 5. The van der Waals surface area contributed by atoms with Crippen LogP contribution < -0.4 is 9.80 Å². The minimum Gasteiger partial charge on any atom is -0.396 e. The summed E-state index contributed by atoms with van der Waals surface area (Å²) >= 11 is 0. The quantitative estimate of drug-likeness (QED) is 0.806. The van der Waals surface area contributed by atoms with E-state index < -0.39 is 0 Å². The first-order chi connectivity index (χ1) is 12.4. The van der Waals surface area contributed by atoms with E-state index in [1.54, 1.807) is 6.20 Å². The monoisotopic (exact) mass is 358 g/mol. The Kier molecular flexibility index (Phi) is 5.33. The molecule has 0 spiro atoms. The average molecular weight is 358 g/mol. The fourth-order valence-electron chi connectivity index (χ4n) is 3.38. The summed E-state index contributed by atoms with van der Waals surface area (Å²) in [6.45, 7) is 8.50. The van der Waals surface area contributed by atoms with Crippen LogP contribution in [0.25, 0.3) is 0 Å². The molecule has 1 aliphatic heterocycles. The van der Waals surface area contributed by atoms with Crippen LogP contribution in [0.3, 0.4) is 0 Å². The van der Waals surface area contributed by atoms with Crippen molar-refractivity contribution in [1.82, 2.24) is 19.9 Å². The molecule has 1 saturated heterocycles. The number of hydrogen-bond donors (Lipinski definition) is 2. The van der Waals surface area contributed by atoms with Crippen LogP contribution in [0.4, 0.5) is 11.6 Å². The van der Waals surface area contributed by atoms with Gasteiger partial charge >= 0.3 is 0 Å². The number of aromatic nitrogens is 4. The lowest BCUT2D eigenvalue weighted by atomic mass is 9.98. The molecule has 8 nitrogen and oxygen atoms in total. The number of aryl methyl sites for hydroxylation is 1. The van der Waals surface area contributed by atoms with Gasteiger partial charge in [0.05, 0.1) is 12.1 Å². The highest BCUT2D eigenvalue weighted by molar-refractivity contribution is 5.48. The number of hydrogen-bond acceptors (Lipinski definition) is 8. The van der Waals surface area contributed by atoms with Gasteiger partial charge in [-0.1, -0.05) is 0 Å². The van der Waals surface area contributed by atoms with E-state index >= 15 is 0 Å². The minimum atomic E-state index is -0.165. The van der Waals surface area contributed by atoms with E-state index in [9.17, 15) is 5.11 Å². The van der Waals surface area contributed by atoms with E-state index in [0.29, 0.717) is 18.1 Å². The number of aliphatic hydroxyl groups excluding tert-OH is 2. The highest BCUT2D eigenvalue weighted by atomic mass is 16.3. The normalized spacial score (nSPS) is 16.8. The lowest BCUT2D eigenvalue weighted by Gasteiger charge is -2.48. The molecule has 140 valence electrons. The van der Waals surface area contributed by atoms with Gasteiger partial charge in [0.1, 0.15) is 24.1 Å². The summed E-state index contributed by atoms with van der Waals surface area (Å²) in [4.78, 5) is 22.0. The predicted molar refractivity (Wildman–Crippen MR) is 99.2 cm³/mol. The van der Waals surface area contributed by atoms with Crippen LogP contribution in [0.1, 0.15) is 31.2 Å². The molecule has 1 aliphatic rings. The van der Waals surface area contributed by atoms with Gasteiger partial charge in [0.25, 0.3) is 0 Å². The summed E-state index contributed by atoms with van der Waals surface area (Å²) in [7, 11) is 0. The second-order valence-electron chi connectivity index (χ2n) is 7.13. The Morgan fingerprint density at radius 2 is 1.85 bits per heavy atom. The van der Waals surface area contributed by atoms with Crippen molar-refractivity contribution in [2.75, 3.05) is 36.0 Å². The van der Waals surface area contributed by atoms with Crippen molar-refractivity contribution >= 4 is 11.6 Å². The lowest BCUT2D eigenvalue weighted by Crippen LogP contribution is -2.60. The van der Waals surface area contributed by atoms with Crippen molar-refractivity contribution in [3.05, 3.63) is 35.7 Å². The minimum absolute atomic E-state index is 0.0425. The largest absolute Gasteiger partial charge is 0.396 e. The average Bonchev–Trinajstić information content (AvgIpc) is 2.60. The summed E-state index contributed by atoms with van der Waals surface area (Å²) < 4.78 is 0. The van der Waals surface area contributed by atoms with Gasteiger partial charge < -0.3 is 20.0 Å². The van der Waals surface area contributed by atoms with Crippen molar-refractivity contribution < 1.29 is 10.2 Å². The molecule has 1 fully saturated rings. The Bertz CT molecular complexity index is 767. The van der Waals surface area contributed by atoms with Gasteiger partial charge in [-0.15, -0.1) is 0 Å². The van der Waals surface area contributed by atoms with Gasteiger partial charge in [0.15, 0.2) is 5.82 Å². The number of nitrogens with zero attached hydrogens (tertiary/aromatic N) is 6. The third kappa shape index (κ3) is 3.91. The molecule has 0 bridgehead atoms. The van der Waals surface area contributed by atoms with Crippen molar-refractivity contribution in [3.8, 4) is 0 Å². The molecule has 26 heavy (non-hydrogen) atoms. The van der Waals surface area contributed by atoms with Crippen LogP contribution in [0.2, 0.25) is 0 Å². The number of anilines is 2. The molecule has 0 saturated carbocycles. The lowest BCUT2D eigenvalue weighted by molar-refractivity contribution is 0.271. The van der Waals surface area contributed by atoms with E-state index in [2.05, 4.69) is 43.6 Å². The molecule has 0 aliphatic carbocycles. The maximum Gasteiger partial charge on any atom is 0.156 e. The topological polar surface area (TPSA) is 98.5 Å². The van der Waals surface area contributed by atoms with E-state index in [-0.39, 0.29) is 18.8 Å². The van der Waals surface area contributed by atoms with Crippen LogP contribution in [0, 0.1) is 6.92 Å². The standard InChI is InChI=1S/C18H26N6O2/c1-13-10-17(22-15(11-26)20-13)23-7-8-24(18(2,3)12-23)16-4-6-19-14(21-16)5-9-25/h4,6,10,25-26H,5,7-9,11-12H2,1-3H3. The molecule has 0 amide bonds. The van der Waals surface area contributed by atoms with E-state index in [0.717, 1.165) is 37.0 Å². The smallest absolute Gasteiger partial charge is 0.156 e. The first-order valence-corrected chi connectivity index (χ1v) is 8.84. The Hall–Kier alpha value is -2.32. The Morgan fingerprint density at radius 3 is 2.54 bits per heavy atom. The van der Waals surface area contributed by atoms with Crippen LogP contribution in [0.15, 0.2) is 18.3 Å². The van der Waals surface area contributed by atoms with Crippen LogP contribution in [-0.4, -0.2) is 61.9 Å². The van der Waals surface area contributed by atoms with Crippen molar-refractivity contribution in [3.63, 3.8) is 0 Å². The maximum atomic E-state index is 9.36. The highest BCUT2D eigenvalue weighted by Gasteiger charge is 2.35. The molecule has 0 aromatic carbocycles. The maximum absolute atomic E-state index is 9.36. The predicted octanol–water partition coefficient (Wildman–Crippen LogP) is 0.707. The van der Waals surface area contributed by atoms with Gasteiger partial charge in [-0.2, -0.15) is 0 Å². The SMILES string of the molecule is Cc1cc(N2CCN(c3ccnc(CCO)n3)C(C)(C)C2)nc(CO)n1. The van der Waals surface area contributed by atoms with Crippen molar-refractivity contribution in [2.24, 2.45) is 0 Å². The van der Waals surface area contributed by atoms with Gasteiger partial charge in [0, 0.05) is 44.0 Å². The summed E-state index contributed by atoms with van der Waals surface area (Å²) in [5, 5.41) is 18.5. The molecule has 0 unspecified atom stereocenters. The van der Waals surface area contributed by atoms with E-state index in [4.69, 9.17) is 5.11 Å². The van der Waals surface area contributed by atoms with E-state index in [1.165, 1.54) is 0 Å². The second kappa shape index (κ2) is 7.51. The molecule has 2 N–H and O–H groups in total. The van der Waals surface area contributed by atoms with Crippen LogP contribution >= 0.6 is 0 Å². The zero-order chi connectivity index (χ0) is 18.7. The number of aliphatic hydroxyl groups is 2. The summed E-state index contributed by atoms with van der Waals surface area (Å²) in [6.07, 6.45) is 2.20. The van der Waals surface area contributed by atoms with Gasteiger partial charge in [-0.25, -0.2) is 19.9 Å². The Morgan fingerprint density at radius 1 is 1.08 bits per heavy atom. The van der Waals surface area contributed by atoms with Gasteiger partial charge in [-0.3, -0.25) is 0 Å². The Balaban J connectivity index is 1.82. The van der Waals surface area contributed by atoms with Crippen LogP contribution in [0.5, 0.6) is 0 Å². The molecule has 3 heterocycles. The van der Waals surface area contributed by atoms with Crippen LogP contribution in [-0.2, 0) is 13.0 Å². The highest BCUT2D eigenvalue weighted by Crippen LogP contribution is 2.28. The van der Waals surface area contributed by atoms with Crippen molar-refractivity contribution in [2.45, 2.75) is 39.3 Å². The molecule has 0 atom stereocenters. The molecular weight excluding hydrogens is 332 g/mol. The molecule has 8 heteroatoms. The van der Waals surface area contributed by atoms with Gasteiger partial charge in [-0.05, 0) is 26.8 Å². The summed E-state index contributed by atoms with van der Waals surface area (Å²) in [5.41, 5.74) is 0.685. The third-order valence-electron chi connectivity index (χ3n) is 4.56. The fraction of sp³-hybridized carbons (Fsp3) is 0.556. The summed E-state index contributed by atoms with van der Waals surface area (Å²) in [5.74, 6) is 2.83. The Labute approximate surface area is 153 Å². The summed E-state index contributed by atoms with van der Waals surface area (Å²) in [6, 6.07) is 3.87. The first-order valence-electron chi connectivity index (χ1n) is 8.84. The molecule has 3 rings (SSSR count). The molecule has 2 aromatic heterocycles. The first kappa shape index (κ1) is 18.5. The molecule has 0 radical (unpaired) electrons. The van der Waals surface area contributed by atoms with E-state index in [1.807, 2.05) is 19.1 Å². The second-order valence-corrected chi connectivity index (χ2v) is 7.13. The molecular formula is C18H26N6O2. The van der Waals surface area contributed by atoms with Gasteiger partial charge in [0.2, 0.25) is 0 Å². The van der Waals surface area contributed by atoms with Crippen molar-refractivity contribution in [1.29, 1.82) is 0 Å². The molecule has 2 aromatic rings. The number of piperazine rings is 1. The zero-order valence-electron chi connectivity index (χ0n) is 15.6. The fourth-order valence-corrected chi connectivity index (χ4v) is 3.38. The zero-order valence-corrected chi connectivity index (χ0v) is 15.6. The third-order valence-corrected chi connectivity index (χ3v) is 4.56.